The zero-order valence-corrected chi connectivity index (χ0v) is 15.9. The van der Waals surface area contributed by atoms with Crippen molar-refractivity contribution in [3.8, 4) is 5.88 Å². The van der Waals surface area contributed by atoms with E-state index < -0.39 is 0 Å². The van der Waals surface area contributed by atoms with Gasteiger partial charge in [-0.3, -0.25) is 10.4 Å². The van der Waals surface area contributed by atoms with E-state index in [2.05, 4.69) is 25.8 Å². The van der Waals surface area contributed by atoms with E-state index in [1.54, 1.807) is 13.2 Å². The summed E-state index contributed by atoms with van der Waals surface area (Å²) in [6.07, 6.45) is 2.44. The predicted octanol–water partition coefficient (Wildman–Crippen LogP) is 3.53. The first-order chi connectivity index (χ1) is 13.6. The van der Waals surface area contributed by atoms with Crippen LogP contribution < -0.4 is 15.4 Å². The zero-order valence-electron chi connectivity index (χ0n) is 15.9. The maximum absolute atomic E-state index is 12.4. The number of amides is 2. The van der Waals surface area contributed by atoms with E-state index >= 15 is 0 Å². The fraction of sp³-hybridized carbons (Fsp3) is 0.350. The maximum Gasteiger partial charge on any atom is 0.320 e. The van der Waals surface area contributed by atoms with E-state index in [0.29, 0.717) is 30.1 Å². The number of benzene rings is 1. The van der Waals surface area contributed by atoms with E-state index in [1.165, 1.54) is 0 Å². The first-order valence-corrected chi connectivity index (χ1v) is 9.30. The Hall–Kier alpha value is -3.13. The first kappa shape index (κ1) is 18.2. The zero-order chi connectivity index (χ0) is 19.5. The summed E-state index contributed by atoms with van der Waals surface area (Å²) < 4.78 is 11.1. The van der Waals surface area contributed by atoms with Gasteiger partial charge in [0.2, 0.25) is 5.88 Å². The lowest BCUT2D eigenvalue weighted by molar-refractivity contribution is 0.104. The molecule has 3 N–H and O–H groups in total. The Kier molecular flexibility index (Phi) is 5.12. The van der Waals surface area contributed by atoms with Crippen LogP contribution in [0.4, 0.5) is 10.6 Å². The second-order valence-corrected chi connectivity index (χ2v) is 6.85. The molecule has 0 saturated heterocycles. The second-order valence-electron chi connectivity index (χ2n) is 6.85. The highest BCUT2D eigenvalue weighted by atomic mass is 16.5. The number of hydrogen-bond donors (Lipinski definition) is 3. The minimum atomic E-state index is -0.330. The van der Waals surface area contributed by atoms with Crippen molar-refractivity contribution in [3.63, 3.8) is 0 Å². The summed E-state index contributed by atoms with van der Waals surface area (Å²) in [5.74, 6) is 0.886. The number of carbonyl (C=O) groups excluding carboxylic acids is 1. The molecule has 3 aromatic rings. The van der Waals surface area contributed by atoms with Crippen molar-refractivity contribution >= 4 is 22.8 Å². The van der Waals surface area contributed by atoms with E-state index in [1.807, 2.05) is 37.3 Å². The molecular weight excluding hydrogens is 358 g/mol. The molecule has 146 valence electrons. The topological polar surface area (TPSA) is 101 Å². The maximum atomic E-state index is 12.4. The van der Waals surface area contributed by atoms with E-state index in [9.17, 15) is 4.79 Å². The molecule has 2 amide bonds. The Morgan fingerprint density at radius 2 is 2.11 bits per heavy atom. The van der Waals surface area contributed by atoms with Gasteiger partial charge in [0.05, 0.1) is 42.5 Å². The molecule has 8 nitrogen and oxygen atoms in total. The van der Waals surface area contributed by atoms with Gasteiger partial charge in [-0.05, 0) is 25.3 Å². The van der Waals surface area contributed by atoms with Crippen molar-refractivity contribution < 1.29 is 14.3 Å². The van der Waals surface area contributed by atoms with Gasteiger partial charge in [-0.2, -0.15) is 0 Å². The van der Waals surface area contributed by atoms with Gasteiger partial charge < -0.3 is 14.8 Å². The molecule has 1 aliphatic rings. The van der Waals surface area contributed by atoms with Crippen LogP contribution in [0.1, 0.15) is 37.1 Å². The number of hydrogen-bond acceptors (Lipinski definition) is 5. The van der Waals surface area contributed by atoms with Gasteiger partial charge in [0.1, 0.15) is 5.82 Å². The minimum absolute atomic E-state index is 0.130. The SMILES string of the molecule is COc1n[nH]c2cc(NC(=O)N[C@H](C)c3ccccc3)nc(COC3CC3)c12. The highest BCUT2D eigenvalue weighted by Gasteiger charge is 2.24. The van der Waals surface area contributed by atoms with E-state index in [4.69, 9.17) is 9.47 Å². The predicted molar refractivity (Wildman–Crippen MR) is 105 cm³/mol. The number of fused-ring (bicyclic) bond motifs is 1. The number of ether oxygens (including phenoxy) is 2. The lowest BCUT2D eigenvalue weighted by Crippen LogP contribution is -2.31. The fourth-order valence-electron chi connectivity index (χ4n) is 3.01. The Morgan fingerprint density at radius 1 is 1.32 bits per heavy atom. The van der Waals surface area contributed by atoms with Crippen LogP contribution in [0.25, 0.3) is 10.9 Å². The van der Waals surface area contributed by atoms with Gasteiger partial charge in [0.15, 0.2) is 0 Å². The number of nitrogens with zero attached hydrogens (tertiary/aromatic N) is 2. The number of H-pyrrole nitrogens is 1. The number of anilines is 1. The summed E-state index contributed by atoms with van der Waals surface area (Å²) >= 11 is 0. The average molecular weight is 381 g/mol. The lowest BCUT2D eigenvalue weighted by atomic mass is 10.1. The van der Waals surface area contributed by atoms with Crippen molar-refractivity contribution in [2.24, 2.45) is 0 Å². The summed E-state index contributed by atoms with van der Waals surface area (Å²) in [6.45, 7) is 2.27. The Morgan fingerprint density at radius 3 is 2.82 bits per heavy atom. The largest absolute Gasteiger partial charge is 0.479 e. The van der Waals surface area contributed by atoms with Crippen molar-refractivity contribution in [2.75, 3.05) is 12.4 Å². The van der Waals surface area contributed by atoms with Crippen molar-refractivity contribution in [3.05, 3.63) is 47.7 Å². The molecule has 0 bridgehead atoms. The third-order valence-electron chi connectivity index (χ3n) is 4.65. The molecule has 8 heteroatoms. The molecule has 0 unspecified atom stereocenters. The molecular formula is C20H23N5O3. The van der Waals surface area contributed by atoms with Crippen LogP contribution in [0.3, 0.4) is 0 Å². The number of nitrogens with one attached hydrogen (secondary N) is 3. The molecule has 2 aromatic heterocycles. The molecule has 1 aliphatic carbocycles. The summed E-state index contributed by atoms with van der Waals surface area (Å²) in [7, 11) is 1.56. The molecule has 4 rings (SSSR count). The monoisotopic (exact) mass is 381 g/mol. The van der Waals surface area contributed by atoms with Gasteiger partial charge in [-0.1, -0.05) is 30.3 Å². The highest BCUT2D eigenvalue weighted by molar-refractivity contribution is 5.93. The third kappa shape index (κ3) is 4.07. The van der Waals surface area contributed by atoms with Crippen LogP contribution in [0.5, 0.6) is 5.88 Å². The quantitative estimate of drug-likeness (QED) is 0.581. The summed E-state index contributed by atoms with van der Waals surface area (Å²) in [5.41, 5.74) is 2.44. The van der Waals surface area contributed by atoms with Gasteiger partial charge in [-0.25, -0.2) is 9.78 Å². The number of methoxy groups -OCH3 is 1. The van der Waals surface area contributed by atoms with Crippen LogP contribution >= 0.6 is 0 Å². The second kappa shape index (κ2) is 7.85. The van der Waals surface area contributed by atoms with Crippen LogP contribution in [0.15, 0.2) is 36.4 Å². The van der Waals surface area contributed by atoms with Gasteiger partial charge >= 0.3 is 6.03 Å². The normalized spacial score (nSPS) is 14.6. The first-order valence-electron chi connectivity index (χ1n) is 9.30. The number of urea groups is 1. The van der Waals surface area contributed by atoms with Crippen molar-refractivity contribution in [1.29, 1.82) is 0 Å². The highest BCUT2D eigenvalue weighted by Crippen LogP contribution is 2.30. The molecule has 0 aliphatic heterocycles. The molecule has 1 atom stereocenters. The third-order valence-corrected chi connectivity index (χ3v) is 4.65. The number of pyridine rings is 1. The van der Waals surface area contributed by atoms with Gasteiger partial charge in [-0.15, -0.1) is 5.10 Å². The van der Waals surface area contributed by atoms with Crippen LogP contribution in [-0.2, 0) is 11.3 Å². The number of aromatic amines is 1. The van der Waals surface area contributed by atoms with Crippen LogP contribution in [-0.4, -0.2) is 34.4 Å². The molecule has 1 fully saturated rings. The molecule has 1 saturated carbocycles. The smallest absolute Gasteiger partial charge is 0.320 e. The van der Waals surface area contributed by atoms with Crippen LogP contribution in [0, 0.1) is 0 Å². The number of aromatic nitrogens is 3. The van der Waals surface area contributed by atoms with Crippen molar-refractivity contribution in [1.82, 2.24) is 20.5 Å². The summed E-state index contributed by atoms with van der Waals surface area (Å²) in [6, 6.07) is 11.0. The fourth-order valence-corrected chi connectivity index (χ4v) is 3.01. The van der Waals surface area contributed by atoms with Gasteiger partial charge in [0.25, 0.3) is 0 Å². The van der Waals surface area contributed by atoms with Gasteiger partial charge in [0, 0.05) is 6.07 Å². The molecule has 1 aromatic carbocycles. The molecule has 0 spiro atoms. The van der Waals surface area contributed by atoms with E-state index in [0.717, 1.165) is 29.3 Å². The molecule has 2 heterocycles. The molecule has 0 radical (unpaired) electrons. The van der Waals surface area contributed by atoms with Crippen molar-refractivity contribution in [2.45, 2.75) is 38.5 Å². The Labute approximate surface area is 162 Å². The number of carbonyl (C=O) groups is 1. The summed E-state index contributed by atoms with van der Waals surface area (Å²) in [4.78, 5) is 17.0. The Bertz CT molecular complexity index is 969. The van der Waals surface area contributed by atoms with Crippen LogP contribution in [0.2, 0.25) is 0 Å². The number of rotatable bonds is 7. The average Bonchev–Trinajstić information content (AvgIpc) is 3.44. The summed E-state index contributed by atoms with van der Waals surface area (Å²) in [5, 5.41) is 13.6. The van der Waals surface area contributed by atoms with E-state index in [-0.39, 0.29) is 12.1 Å². The lowest BCUT2D eigenvalue weighted by Gasteiger charge is -2.15. The Balaban J connectivity index is 1.51. The molecule has 28 heavy (non-hydrogen) atoms. The standard InChI is InChI=1S/C20H23N5O3/c1-12(13-6-4-3-5-7-13)21-20(26)23-17-10-15-18(19(27-2)25-24-15)16(22-17)11-28-14-8-9-14/h3-7,10,12,14H,8-9,11H2,1-2H3,(H,24,25)(H2,21,22,23,26)/t12-/m1/s1. The minimum Gasteiger partial charge on any atom is -0.479 e.